The predicted octanol–water partition coefficient (Wildman–Crippen LogP) is 2.88. The van der Waals surface area contributed by atoms with Crippen LogP contribution in [0.15, 0.2) is 24.3 Å². The van der Waals surface area contributed by atoms with Crippen LogP contribution in [0, 0.1) is 0 Å². The zero-order valence-corrected chi connectivity index (χ0v) is 11.3. The molecule has 0 radical (unpaired) electrons. The molecule has 0 spiro atoms. The predicted molar refractivity (Wildman–Crippen MR) is 74.4 cm³/mol. The van der Waals surface area contributed by atoms with Crippen LogP contribution in [0.3, 0.4) is 0 Å². The Morgan fingerprint density at radius 1 is 1.39 bits per heavy atom. The van der Waals surface area contributed by atoms with Gasteiger partial charge in [0, 0.05) is 13.5 Å². The number of rotatable bonds is 5. The van der Waals surface area contributed by atoms with Crippen LogP contribution < -0.4 is 5.32 Å². The van der Waals surface area contributed by atoms with Crippen LogP contribution >= 0.6 is 0 Å². The van der Waals surface area contributed by atoms with Gasteiger partial charge in [-0.3, -0.25) is 4.79 Å². The largest absolute Gasteiger partial charge is 0.508 e. The highest BCUT2D eigenvalue weighted by Gasteiger charge is 2.08. The third-order valence-electron chi connectivity index (χ3n) is 3.06. The number of nitrogens with one attached hydrogen (secondary N) is 1. The van der Waals surface area contributed by atoms with Crippen molar-refractivity contribution in [1.29, 1.82) is 0 Å². The van der Waals surface area contributed by atoms with Crippen LogP contribution in [0.1, 0.15) is 37.8 Å². The summed E-state index contributed by atoms with van der Waals surface area (Å²) in [5.74, 6) is 0.337. The third-order valence-corrected chi connectivity index (χ3v) is 3.06. The Balaban J connectivity index is 2.92. The number of allylic oxidation sites excluding steroid dienone is 2. The molecule has 3 heteroatoms. The summed E-state index contributed by atoms with van der Waals surface area (Å²) in [4.78, 5) is 11.3. The Morgan fingerprint density at radius 3 is 2.67 bits per heavy atom. The highest BCUT2D eigenvalue weighted by molar-refractivity contribution is 5.79. The van der Waals surface area contributed by atoms with Crippen LogP contribution in [0.5, 0.6) is 5.75 Å². The second-order valence-electron chi connectivity index (χ2n) is 4.18. The number of phenols is 1. The van der Waals surface area contributed by atoms with Gasteiger partial charge in [-0.05, 0) is 48.6 Å². The van der Waals surface area contributed by atoms with Gasteiger partial charge in [-0.2, -0.15) is 0 Å². The van der Waals surface area contributed by atoms with E-state index in [0.29, 0.717) is 12.8 Å². The van der Waals surface area contributed by atoms with Crippen molar-refractivity contribution >= 4 is 11.5 Å². The molecule has 18 heavy (non-hydrogen) atoms. The Bertz CT molecular complexity index is 450. The first-order chi connectivity index (χ1) is 8.62. The number of aromatic hydroxyl groups is 1. The molecule has 0 saturated carbocycles. The van der Waals surface area contributed by atoms with Crippen molar-refractivity contribution in [2.75, 3.05) is 7.05 Å². The Labute approximate surface area is 109 Å². The average Bonchev–Trinajstić information content (AvgIpc) is 2.40. The van der Waals surface area contributed by atoms with E-state index in [1.54, 1.807) is 19.2 Å². The van der Waals surface area contributed by atoms with E-state index >= 15 is 0 Å². The smallest absolute Gasteiger partial charge is 0.220 e. The normalized spacial score (nSPS) is 11.4. The number of amides is 1. The fourth-order valence-electron chi connectivity index (χ4n) is 1.99. The van der Waals surface area contributed by atoms with E-state index in [1.807, 2.05) is 19.1 Å². The van der Waals surface area contributed by atoms with Crippen molar-refractivity contribution in [3.8, 4) is 5.75 Å². The van der Waals surface area contributed by atoms with Gasteiger partial charge in [0.1, 0.15) is 5.75 Å². The lowest BCUT2D eigenvalue weighted by Gasteiger charge is -2.12. The molecule has 0 heterocycles. The Kier molecular flexibility index (Phi) is 5.43. The zero-order chi connectivity index (χ0) is 13.5. The standard InChI is InChI=1S/C15H21NO2/c1-4-11(6-9-15(18)16-3)14-8-7-13(17)10-12(14)5-2/h4,7-8,10,17H,5-6,9H2,1-3H3,(H,16,18)/b11-4-. The average molecular weight is 247 g/mol. The first-order valence-corrected chi connectivity index (χ1v) is 6.30. The lowest BCUT2D eigenvalue weighted by molar-refractivity contribution is -0.120. The van der Waals surface area contributed by atoms with E-state index in [-0.39, 0.29) is 11.7 Å². The van der Waals surface area contributed by atoms with Gasteiger partial charge in [0.25, 0.3) is 0 Å². The van der Waals surface area contributed by atoms with E-state index in [1.165, 1.54) is 0 Å². The second-order valence-corrected chi connectivity index (χ2v) is 4.18. The molecule has 0 fully saturated rings. The van der Waals surface area contributed by atoms with Crippen molar-refractivity contribution < 1.29 is 9.90 Å². The molecular weight excluding hydrogens is 226 g/mol. The maximum atomic E-state index is 11.3. The molecule has 0 aliphatic rings. The summed E-state index contributed by atoms with van der Waals surface area (Å²) in [5, 5.41) is 12.1. The summed E-state index contributed by atoms with van der Waals surface area (Å²) in [5.41, 5.74) is 3.39. The number of aryl methyl sites for hydroxylation is 1. The molecule has 1 amide bonds. The maximum absolute atomic E-state index is 11.3. The molecule has 0 atom stereocenters. The van der Waals surface area contributed by atoms with Crippen LogP contribution in [-0.4, -0.2) is 18.1 Å². The molecule has 0 bridgehead atoms. The highest BCUT2D eigenvalue weighted by Crippen LogP contribution is 2.27. The van der Waals surface area contributed by atoms with Crippen LogP contribution in [0.25, 0.3) is 5.57 Å². The maximum Gasteiger partial charge on any atom is 0.220 e. The molecule has 0 unspecified atom stereocenters. The molecule has 0 saturated heterocycles. The number of hydrogen-bond acceptors (Lipinski definition) is 2. The minimum absolute atomic E-state index is 0.0474. The summed E-state index contributed by atoms with van der Waals surface area (Å²) in [6.45, 7) is 4.04. The summed E-state index contributed by atoms with van der Waals surface area (Å²) in [7, 11) is 1.65. The van der Waals surface area contributed by atoms with E-state index in [0.717, 1.165) is 23.1 Å². The number of phenolic OH excluding ortho intramolecular Hbond substituents is 1. The number of carbonyl (C=O) groups is 1. The highest BCUT2D eigenvalue weighted by atomic mass is 16.3. The Morgan fingerprint density at radius 2 is 2.11 bits per heavy atom. The van der Waals surface area contributed by atoms with Gasteiger partial charge in [-0.25, -0.2) is 0 Å². The molecule has 0 aliphatic heterocycles. The molecular formula is C15H21NO2. The summed E-state index contributed by atoms with van der Waals surface area (Å²) < 4.78 is 0. The van der Waals surface area contributed by atoms with Gasteiger partial charge >= 0.3 is 0 Å². The molecule has 1 aromatic rings. The molecule has 2 N–H and O–H groups in total. The van der Waals surface area contributed by atoms with Gasteiger partial charge in [0.15, 0.2) is 0 Å². The number of carbonyl (C=O) groups excluding carboxylic acids is 1. The fourth-order valence-corrected chi connectivity index (χ4v) is 1.99. The summed E-state index contributed by atoms with van der Waals surface area (Å²) in [6.07, 6.45) is 4.10. The first-order valence-electron chi connectivity index (χ1n) is 6.30. The topological polar surface area (TPSA) is 49.3 Å². The zero-order valence-electron chi connectivity index (χ0n) is 11.3. The van der Waals surface area contributed by atoms with Gasteiger partial charge in [-0.15, -0.1) is 0 Å². The summed E-state index contributed by atoms with van der Waals surface area (Å²) >= 11 is 0. The van der Waals surface area contributed by atoms with Crippen molar-refractivity contribution in [1.82, 2.24) is 5.32 Å². The second kappa shape index (κ2) is 6.84. The van der Waals surface area contributed by atoms with Gasteiger partial charge in [0.2, 0.25) is 5.91 Å². The van der Waals surface area contributed by atoms with E-state index in [4.69, 9.17) is 0 Å². The summed E-state index contributed by atoms with van der Waals surface area (Å²) in [6, 6.07) is 5.41. The van der Waals surface area contributed by atoms with Crippen molar-refractivity contribution in [2.24, 2.45) is 0 Å². The minimum atomic E-state index is 0.0474. The molecule has 0 aromatic heterocycles. The van der Waals surface area contributed by atoms with Crippen molar-refractivity contribution in [2.45, 2.75) is 33.1 Å². The lowest BCUT2D eigenvalue weighted by Crippen LogP contribution is -2.17. The quantitative estimate of drug-likeness (QED) is 0.840. The van der Waals surface area contributed by atoms with Gasteiger partial charge < -0.3 is 10.4 Å². The van der Waals surface area contributed by atoms with Gasteiger partial charge in [-0.1, -0.05) is 19.1 Å². The van der Waals surface area contributed by atoms with Crippen molar-refractivity contribution in [3.05, 3.63) is 35.4 Å². The molecule has 0 aliphatic carbocycles. The SMILES string of the molecule is C/C=C(/CCC(=O)NC)c1ccc(O)cc1CC. The Hall–Kier alpha value is -1.77. The van der Waals surface area contributed by atoms with Gasteiger partial charge in [0.05, 0.1) is 0 Å². The van der Waals surface area contributed by atoms with E-state index in [2.05, 4.69) is 12.2 Å². The number of benzene rings is 1. The van der Waals surface area contributed by atoms with Crippen LogP contribution in [-0.2, 0) is 11.2 Å². The van der Waals surface area contributed by atoms with Crippen molar-refractivity contribution in [3.63, 3.8) is 0 Å². The van der Waals surface area contributed by atoms with E-state index < -0.39 is 0 Å². The monoisotopic (exact) mass is 247 g/mol. The lowest BCUT2D eigenvalue weighted by atomic mass is 9.94. The van der Waals surface area contributed by atoms with Crippen LogP contribution in [0.2, 0.25) is 0 Å². The fraction of sp³-hybridized carbons (Fsp3) is 0.400. The number of hydrogen-bond donors (Lipinski definition) is 2. The molecule has 98 valence electrons. The van der Waals surface area contributed by atoms with E-state index in [9.17, 15) is 9.90 Å². The first kappa shape index (κ1) is 14.3. The molecule has 1 rings (SSSR count). The third kappa shape index (κ3) is 3.62. The van der Waals surface area contributed by atoms with Crippen LogP contribution in [0.4, 0.5) is 0 Å². The minimum Gasteiger partial charge on any atom is -0.508 e. The molecule has 1 aromatic carbocycles. The molecule has 3 nitrogen and oxygen atoms in total.